The van der Waals surface area contributed by atoms with Crippen molar-refractivity contribution in [1.82, 2.24) is 4.90 Å². The number of benzene rings is 1. The highest BCUT2D eigenvalue weighted by Crippen LogP contribution is 2.22. The summed E-state index contributed by atoms with van der Waals surface area (Å²) in [6.45, 7) is 2.81. The highest BCUT2D eigenvalue weighted by Gasteiger charge is 2.17. The minimum atomic E-state index is -0.934. The van der Waals surface area contributed by atoms with E-state index in [4.69, 9.17) is 0 Å². The van der Waals surface area contributed by atoms with Crippen LogP contribution >= 0.6 is 0 Å². The molecule has 1 aliphatic heterocycles. The quantitative estimate of drug-likeness (QED) is 0.911. The van der Waals surface area contributed by atoms with Gasteiger partial charge >= 0.3 is 0 Å². The summed E-state index contributed by atoms with van der Waals surface area (Å²) in [7, 11) is 0. The zero-order valence-electron chi connectivity index (χ0n) is 11.8. The topological polar surface area (TPSA) is 23.5 Å². The van der Waals surface area contributed by atoms with Crippen molar-refractivity contribution >= 4 is 0 Å². The first-order chi connectivity index (χ1) is 9.68. The molecule has 1 aromatic carbocycles. The van der Waals surface area contributed by atoms with Crippen molar-refractivity contribution < 1.29 is 13.9 Å². The van der Waals surface area contributed by atoms with E-state index < -0.39 is 17.7 Å². The minimum absolute atomic E-state index is 0.0667. The van der Waals surface area contributed by atoms with Crippen LogP contribution in [0.4, 0.5) is 8.78 Å². The van der Waals surface area contributed by atoms with Gasteiger partial charge < -0.3 is 10.0 Å². The number of hydrogen-bond acceptors (Lipinski definition) is 2. The molecule has 0 saturated carbocycles. The van der Waals surface area contributed by atoms with Crippen molar-refractivity contribution in [2.24, 2.45) is 0 Å². The molecule has 0 bridgehead atoms. The van der Waals surface area contributed by atoms with Gasteiger partial charge in [-0.3, -0.25) is 0 Å². The predicted octanol–water partition coefficient (Wildman–Crippen LogP) is 3.65. The Morgan fingerprint density at radius 1 is 1.05 bits per heavy atom. The molecule has 1 saturated heterocycles. The molecule has 1 atom stereocenters. The van der Waals surface area contributed by atoms with Crippen LogP contribution in [0.3, 0.4) is 0 Å². The van der Waals surface area contributed by atoms with Gasteiger partial charge in [0.05, 0.1) is 6.10 Å². The van der Waals surface area contributed by atoms with Gasteiger partial charge in [0.25, 0.3) is 0 Å². The zero-order valence-corrected chi connectivity index (χ0v) is 11.8. The first-order valence-electron chi connectivity index (χ1n) is 7.53. The Morgan fingerprint density at radius 3 is 2.40 bits per heavy atom. The number of likely N-dealkylation sites (tertiary alicyclic amines) is 1. The fourth-order valence-corrected chi connectivity index (χ4v) is 2.77. The molecule has 2 rings (SSSR count). The molecule has 0 aromatic heterocycles. The van der Waals surface area contributed by atoms with Crippen LogP contribution in [0.15, 0.2) is 18.2 Å². The molecule has 1 unspecified atom stereocenters. The van der Waals surface area contributed by atoms with E-state index in [9.17, 15) is 13.9 Å². The monoisotopic (exact) mass is 283 g/mol. The van der Waals surface area contributed by atoms with Crippen LogP contribution < -0.4 is 0 Å². The summed E-state index contributed by atoms with van der Waals surface area (Å²) in [6.07, 6.45) is 5.71. The molecule has 2 nitrogen and oxygen atoms in total. The average molecular weight is 283 g/mol. The van der Waals surface area contributed by atoms with Crippen LogP contribution in [-0.2, 0) is 0 Å². The normalized spacial score (nSPS) is 19.4. The van der Waals surface area contributed by atoms with Gasteiger partial charge in [-0.1, -0.05) is 31.4 Å². The Morgan fingerprint density at radius 2 is 1.70 bits per heavy atom. The highest BCUT2D eigenvalue weighted by molar-refractivity contribution is 5.21. The molecular weight excluding hydrogens is 260 g/mol. The molecule has 0 radical (unpaired) electrons. The molecule has 1 aliphatic rings. The summed E-state index contributed by atoms with van der Waals surface area (Å²) in [4.78, 5) is 2.32. The van der Waals surface area contributed by atoms with E-state index in [1.165, 1.54) is 44.2 Å². The number of nitrogens with zero attached hydrogens (tertiary/aromatic N) is 1. The van der Waals surface area contributed by atoms with E-state index in [2.05, 4.69) is 4.90 Å². The first kappa shape index (κ1) is 15.4. The van der Waals surface area contributed by atoms with Gasteiger partial charge in [0.2, 0.25) is 0 Å². The third-order valence-corrected chi connectivity index (χ3v) is 4.01. The van der Waals surface area contributed by atoms with Crippen LogP contribution in [-0.4, -0.2) is 29.6 Å². The van der Waals surface area contributed by atoms with Crippen molar-refractivity contribution in [1.29, 1.82) is 0 Å². The van der Waals surface area contributed by atoms with Crippen LogP contribution in [0, 0.1) is 11.6 Å². The van der Waals surface area contributed by atoms with E-state index in [1.54, 1.807) is 0 Å². The highest BCUT2D eigenvalue weighted by atomic mass is 19.2. The Kier molecular flexibility index (Phi) is 5.92. The second-order valence-electron chi connectivity index (χ2n) is 5.56. The maximum Gasteiger partial charge on any atom is 0.164 e. The number of rotatable bonds is 4. The fourth-order valence-electron chi connectivity index (χ4n) is 2.77. The first-order valence-corrected chi connectivity index (χ1v) is 7.53. The second kappa shape index (κ2) is 7.70. The van der Waals surface area contributed by atoms with Crippen molar-refractivity contribution in [2.45, 2.75) is 44.6 Å². The minimum Gasteiger partial charge on any atom is -0.388 e. The number of halogens is 2. The van der Waals surface area contributed by atoms with Gasteiger partial charge in [-0.25, -0.2) is 8.78 Å². The van der Waals surface area contributed by atoms with Crippen LogP contribution in [0.25, 0.3) is 0 Å². The van der Waals surface area contributed by atoms with Crippen LogP contribution in [0.2, 0.25) is 0 Å². The average Bonchev–Trinajstić information content (AvgIpc) is 2.40. The lowest BCUT2D eigenvalue weighted by Gasteiger charge is -2.25. The summed E-state index contributed by atoms with van der Waals surface area (Å²) < 4.78 is 26.7. The Balaban J connectivity index is 1.87. The number of aliphatic hydroxyl groups is 1. The van der Waals surface area contributed by atoms with E-state index in [-0.39, 0.29) is 5.56 Å². The number of hydrogen-bond donors (Lipinski definition) is 1. The van der Waals surface area contributed by atoms with Crippen molar-refractivity contribution in [3.8, 4) is 0 Å². The second-order valence-corrected chi connectivity index (χ2v) is 5.56. The Labute approximate surface area is 119 Å². The molecular formula is C16H23F2NO. The van der Waals surface area contributed by atoms with Crippen LogP contribution in [0.1, 0.15) is 50.2 Å². The maximum atomic E-state index is 13.6. The summed E-state index contributed by atoms with van der Waals surface area (Å²) >= 11 is 0. The van der Waals surface area contributed by atoms with Gasteiger partial charge in [0.15, 0.2) is 11.6 Å². The van der Waals surface area contributed by atoms with E-state index in [0.29, 0.717) is 6.42 Å². The predicted molar refractivity (Wildman–Crippen MR) is 75.5 cm³/mol. The standard InChI is InChI=1S/C16H23F2NO/c17-14-8-6-7-13(16(14)18)15(20)9-12-19-10-4-2-1-3-5-11-19/h6-8,15,20H,1-5,9-12H2. The molecule has 0 spiro atoms. The van der Waals surface area contributed by atoms with Crippen LogP contribution in [0.5, 0.6) is 0 Å². The van der Waals surface area contributed by atoms with Crippen molar-refractivity contribution in [2.75, 3.05) is 19.6 Å². The molecule has 20 heavy (non-hydrogen) atoms. The lowest BCUT2D eigenvalue weighted by atomic mass is 10.0. The molecule has 1 aromatic rings. The van der Waals surface area contributed by atoms with Gasteiger partial charge in [-0.15, -0.1) is 0 Å². The van der Waals surface area contributed by atoms with Crippen molar-refractivity contribution in [3.05, 3.63) is 35.4 Å². The van der Waals surface area contributed by atoms with E-state index in [0.717, 1.165) is 25.7 Å². The molecule has 112 valence electrons. The lowest BCUT2D eigenvalue weighted by molar-refractivity contribution is 0.134. The lowest BCUT2D eigenvalue weighted by Crippen LogP contribution is -2.29. The summed E-state index contributed by atoms with van der Waals surface area (Å²) in [5, 5.41) is 10.0. The van der Waals surface area contributed by atoms with Gasteiger partial charge in [-0.05, 0) is 38.4 Å². The molecule has 1 N–H and O–H groups in total. The molecule has 0 amide bonds. The molecule has 0 aliphatic carbocycles. The number of aliphatic hydroxyl groups excluding tert-OH is 1. The summed E-state index contributed by atoms with van der Waals surface area (Å²) in [5.74, 6) is -1.82. The zero-order chi connectivity index (χ0) is 14.4. The fraction of sp³-hybridized carbons (Fsp3) is 0.625. The van der Waals surface area contributed by atoms with Crippen molar-refractivity contribution in [3.63, 3.8) is 0 Å². The Bertz CT molecular complexity index is 417. The summed E-state index contributed by atoms with van der Waals surface area (Å²) in [5.41, 5.74) is 0.0667. The van der Waals surface area contributed by atoms with Gasteiger partial charge in [-0.2, -0.15) is 0 Å². The smallest absolute Gasteiger partial charge is 0.164 e. The van der Waals surface area contributed by atoms with Gasteiger partial charge in [0, 0.05) is 12.1 Å². The third kappa shape index (κ3) is 4.25. The largest absolute Gasteiger partial charge is 0.388 e. The van der Waals surface area contributed by atoms with Gasteiger partial charge in [0.1, 0.15) is 0 Å². The van der Waals surface area contributed by atoms with E-state index >= 15 is 0 Å². The molecule has 4 heteroatoms. The third-order valence-electron chi connectivity index (χ3n) is 4.01. The maximum absolute atomic E-state index is 13.6. The van der Waals surface area contributed by atoms with E-state index in [1.807, 2.05) is 0 Å². The summed E-state index contributed by atoms with van der Waals surface area (Å²) in [6, 6.07) is 3.97. The molecule has 1 heterocycles. The SMILES string of the molecule is OC(CCN1CCCCCCC1)c1cccc(F)c1F. The Hall–Kier alpha value is -1.00. The molecule has 1 fully saturated rings.